The zero-order valence-electron chi connectivity index (χ0n) is 7.44. The van der Waals surface area contributed by atoms with Gasteiger partial charge in [0.25, 0.3) is 0 Å². The maximum atomic E-state index is 10.2. The van der Waals surface area contributed by atoms with E-state index in [0.29, 0.717) is 5.92 Å². The first kappa shape index (κ1) is 9.43. The first-order chi connectivity index (χ1) is 6.27. The van der Waals surface area contributed by atoms with E-state index in [1.54, 1.807) is 0 Å². The van der Waals surface area contributed by atoms with Gasteiger partial charge in [0.1, 0.15) is 0 Å². The molecule has 0 radical (unpaired) electrons. The van der Waals surface area contributed by atoms with Crippen molar-refractivity contribution < 1.29 is 13.3 Å². The number of nitrogens with one attached hydrogen (secondary N) is 1. The van der Waals surface area contributed by atoms with Crippen LogP contribution in [0, 0.1) is 11.8 Å². The molecule has 0 aliphatic heterocycles. The third-order valence-electron chi connectivity index (χ3n) is 3.30. The van der Waals surface area contributed by atoms with Crippen molar-refractivity contribution in [1.29, 1.82) is 0 Å². The summed E-state index contributed by atoms with van der Waals surface area (Å²) in [4.78, 5) is 7.19. The molecule has 0 heterocycles. The Morgan fingerprint density at radius 3 is 2.77 bits per heavy atom. The maximum absolute atomic E-state index is 10.2. The average Bonchev–Trinajstić information content (AvgIpc) is 2.60. The van der Waals surface area contributed by atoms with Gasteiger partial charge in [0, 0.05) is 0 Å². The van der Waals surface area contributed by atoms with Crippen molar-refractivity contribution >= 4 is 10.9 Å². The summed E-state index contributed by atoms with van der Waals surface area (Å²) in [6.45, 7) is 0. The smallest absolute Gasteiger partial charge is 0.223 e. The molecule has 2 aliphatic rings. The number of fused-ring (bicyclic) bond motifs is 1. The largest absolute Gasteiger partial charge is 0.284 e. The monoisotopic (exact) mass is 205 g/mol. The summed E-state index contributed by atoms with van der Waals surface area (Å²) >= 11 is 0. The fraction of sp³-hybridized carbons (Fsp3) is 1.00. The Morgan fingerprint density at radius 1 is 1.15 bits per heavy atom. The Kier molecular flexibility index (Phi) is 2.86. The van der Waals surface area contributed by atoms with Gasteiger partial charge in [-0.3, -0.25) is 4.84 Å². The van der Waals surface area contributed by atoms with Crippen LogP contribution in [0.4, 0.5) is 0 Å². The van der Waals surface area contributed by atoms with Gasteiger partial charge in [0.05, 0.1) is 6.10 Å². The van der Waals surface area contributed by atoms with Gasteiger partial charge in [-0.15, -0.1) is 0 Å². The van der Waals surface area contributed by atoms with Gasteiger partial charge in [-0.25, -0.2) is 8.42 Å². The van der Waals surface area contributed by atoms with Crippen molar-refractivity contribution in [2.24, 2.45) is 11.8 Å². The summed E-state index contributed by atoms with van der Waals surface area (Å²) in [6.07, 6.45) is 6.11. The molecule has 5 heteroatoms. The molecule has 0 saturated heterocycles. The Balaban J connectivity index is 1.86. The molecule has 0 aromatic carbocycles. The molecule has 2 rings (SSSR count). The van der Waals surface area contributed by atoms with Crippen LogP contribution in [0.25, 0.3) is 0 Å². The quantitative estimate of drug-likeness (QED) is 0.524. The molecule has 0 aromatic rings. The van der Waals surface area contributed by atoms with E-state index < -0.39 is 10.9 Å². The molecule has 0 aromatic heterocycles. The van der Waals surface area contributed by atoms with Crippen LogP contribution in [0.2, 0.25) is 0 Å². The first-order valence-corrected chi connectivity index (χ1v) is 6.01. The minimum atomic E-state index is -2.61. The summed E-state index contributed by atoms with van der Waals surface area (Å²) in [5.74, 6) is 1.39. The van der Waals surface area contributed by atoms with Crippen LogP contribution in [-0.4, -0.2) is 14.5 Å². The molecule has 1 N–H and O–H groups in total. The molecule has 2 saturated carbocycles. The molecule has 2 fully saturated rings. The molecule has 76 valence electrons. The van der Waals surface area contributed by atoms with Crippen LogP contribution in [0.1, 0.15) is 32.1 Å². The highest BCUT2D eigenvalue weighted by Gasteiger charge is 2.39. The lowest BCUT2D eigenvalue weighted by Gasteiger charge is -2.16. The summed E-state index contributed by atoms with van der Waals surface area (Å²) < 4.78 is 20.5. The molecule has 13 heavy (non-hydrogen) atoms. The van der Waals surface area contributed by atoms with Gasteiger partial charge in [-0.2, -0.15) is 0 Å². The molecular formula is C8H15NO3S. The second-order valence-electron chi connectivity index (χ2n) is 3.94. The van der Waals surface area contributed by atoms with Crippen molar-refractivity contribution in [3.05, 3.63) is 0 Å². The molecule has 3 unspecified atom stereocenters. The SMILES string of the molecule is O=[SH](=O)NOC1CCC2CCCC21. The summed E-state index contributed by atoms with van der Waals surface area (Å²) in [5.41, 5.74) is 0. The van der Waals surface area contributed by atoms with E-state index in [1.807, 2.05) is 0 Å². The lowest BCUT2D eigenvalue weighted by molar-refractivity contribution is -0.00611. The topological polar surface area (TPSA) is 55.4 Å². The zero-order valence-corrected chi connectivity index (χ0v) is 8.33. The van der Waals surface area contributed by atoms with Gasteiger partial charge < -0.3 is 0 Å². The fourth-order valence-corrected chi connectivity index (χ4v) is 2.98. The predicted octanol–water partition coefficient (Wildman–Crippen LogP) is 0.613. The van der Waals surface area contributed by atoms with Gasteiger partial charge in [0.15, 0.2) is 0 Å². The summed E-state index contributed by atoms with van der Waals surface area (Å²) in [6, 6.07) is 0. The standard InChI is InChI=1S/C8H15NO3S/c10-13(11)9-12-8-5-4-6-2-1-3-7(6)8/h6-8,13H,1-5H2,(H,9,10,11). The molecule has 0 bridgehead atoms. The predicted molar refractivity (Wildman–Crippen MR) is 48.4 cm³/mol. The number of hydrogen-bond donors (Lipinski definition) is 2. The van der Waals surface area contributed by atoms with E-state index >= 15 is 0 Å². The van der Waals surface area contributed by atoms with Crippen LogP contribution in [-0.2, 0) is 15.7 Å². The average molecular weight is 205 g/mol. The lowest BCUT2D eigenvalue weighted by Crippen LogP contribution is -2.26. The molecule has 4 nitrogen and oxygen atoms in total. The van der Waals surface area contributed by atoms with E-state index in [2.05, 4.69) is 4.89 Å². The normalized spacial score (nSPS) is 38.4. The number of thiol groups is 1. The fourth-order valence-electron chi connectivity index (χ4n) is 2.76. The minimum absolute atomic E-state index is 0.125. The van der Waals surface area contributed by atoms with Gasteiger partial charge in [-0.05, 0) is 31.1 Å². The second-order valence-corrected chi connectivity index (χ2v) is 4.63. The van der Waals surface area contributed by atoms with Crippen molar-refractivity contribution in [2.75, 3.05) is 0 Å². The van der Waals surface area contributed by atoms with Gasteiger partial charge in [-0.1, -0.05) is 17.7 Å². The van der Waals surface area contributed by atoms with Crippen molar-refractivity contribution in [1.82, 2.24) is 4.89 Å². The van der Waals surface area contributed by atoms with Crippen LogP contribution in [0.5, 0.6) is 0 Å². The summed E-state index contributed by atoms with van der Waals surface area (Å²) in [7, 11) is -2.61. The van der Waals surface area contributed by atoms with Crippen molar-refractivity contribution in [3.63, 3.8) is 0 Å². The Labute approximate surface area is 79.7 Å². The third kappa shape index (κ3) is 2.03. The molecular weight excluding hydrogens is 190 g/mol. The highest BCUT2D eigenvalue weighted by Crippen LogP contribution is 2.44. The highest BCUT2D eigenvalue weighted by atomic mass is 32.2. The number of hydrogen-bond acceptors (Lipinski definition) is 3. The summed E-state index contributed by atoms with van der Waals surface area (Å²) in [5, 5.41) is 0. The first-order valence-electron chi connectivity index (χ1n) is 4.83. The third-order valence-corrected chi connectivity index (χ3v) is 3.55. The maximum Gasteiger partial charge on any atom is 0.223 e. The molecule has 2 aliphatic carbocycles. The van der Waals surface area contributed by atoms with Gasteiger partial charge in [0.2, 0.25) is 10.9 Å². The molecule has 0 spiro atoms. The van der Waals surface area contributed by atoms with Crippen molar-refractivity contribution in [3.8, 4) is 0 Å². The van der Waals surface area contributed by atoms with Crippen molar-refractivity contribution in [2.45, 2.75) is 38.2 Å². The van der Waals surface area contributed by atoms with E-state index in [0.717, 1.165) is 12.3 Å². The van der Waals surface area contributed by atoms with Crippen LogP contribution in [0.15, 0.2) is 0 Å². The number of rotatable bonds is 3. The second kappa shape index (κ2) is 3.94. The van der Waals surface area contributed by atoms with E-state index in [-0.39, 0.29) is 6.10 Å². The van der Waals surface area contributed by atoms with E-state index in [9.17, 15) is 8.42 Å². The molecule has 3 atom stereocenters. The zero-order chi connectivity index (χ0) is 9.26. The van der Waals surface area contributed by atoms with Crippen LogP contribution in [0.3, 0.4) is 0 Å². The van der Waals surface area contributed by atoms with Crippen LogP contribution >= 0.6 is 0 Å². The van der Waals surface area contributed by atoms with Crippen LogP contribution < -0.4 is 4.89 Å². The van der Waals surface area contributed by atoms with Gasteiger partial charge >= 0.3 is 0 Å². The lowest BCUT2D eigenvalue weighted by atomic mass is 9.99. The van der Waals surface area contributed by atoms with E-state index in [1.165, 1.54) is 25.7 Å². The molecule has 0 amide bonds. The Bertz CT molecular complexity index is 246. The Morgan fingerprint density at radius 2 is 2.00 bits per heavy atom. The minimum Gasteiger partial charge on any atom is -0.284 e. The van der Waals surface area contributed by atoms with E-state index in [4.69, 9.17) is 4.84 Å². The Hall–Kier alpha value is -0.130. The highest BCUT2D eigenvalue weighted by molar-refractivity contribution is 7.70.